The molecule has 7 heteroatoms. The first-order valence-electron chi connectivity index (χ1n) is 6.86. The van der Waals surface area contributed by atoms with E-state index in [1.54, 1.807) is 17.8 Å². The Morgan fingerprint density at radius 2 is 2.33 bits per heavy atom. The maximum atomic E-state index is 11.9. The molecule has 0 aliphatic heterocycles. The van der Waals surface area contributed by atoms with E-state index in [2.05, 4.69) is 20.4 Å². The molecule has 0 saturated carbocycles. The van der Waals surface area contributed by atoms with Crippen molar-refractivity contribution in [2.24, 2.45) is 5.92 Å². The van der Waals surface area contributed by atoms with Crippen molar-refractivity contribution in [3.63, 3.8) is 0 Å². The lowest BCUT2D eigenvalue weighted by Crippen LogP contribution is -2.33. The Morgan fingerprint density at radius 1 is 1.52 bits per heavy atom. The van der Waals surface area contributed by atoms with Gasteiger partial charge in [0.2, 0.25) is 5.91 Å². The highest BCUT2D eigenvalue weighted by atomic mass is 16.2. The van der Waals surface area contributed by atoms with Gasteiger partial charge < -0.3 is 10.3 Å². The molecule has 1 atom stereocenters. The van der Waals surface area contributed by atoms with E-state index in [0.717, 1.165) is 0 Å². The molecule has 0 fully saturated rings. The smallest absolute Gasteiger partial charge is 0.251 e. The molecule has 7 nitrogen and oxygen atoms in total. The highest BCUT2D eigenvalue weighted by molar-refractivity contribution is 5.78. The van der Waals surface area contributed by atoms with Gasteiger partial charge in [-0.05, 0) is 13.0 Å². The summed E-state index contributed by atoms with van der Waals surface area (Å²) in [6, 6.07) is 3.26. The molecule has 2 N–H and O–H groups in total. The van der Waals surface area contributed by atoms with Gasteiger partial charge in [-0.3, -0.25) is 14.3 Å². The SMILES string of the molecule is Cc1cc(=O)[nH]c(CCNC(=O)C(C)Cn2cccn2)n1. The summed E-state index contributed by atoms with van der Waals surface area (Å²) in [5, 5.41) is 6.91. The summed E-state index contributed by atoms with van der Waals surface area (Å²) in [4.78, 5) is 30.1. The van der Waals surface area contributed by atoms with E-state index < -0.39 is 0 Å². The highest BCUT2D eigenvalue weighted by Gasteiger charge is 2.13. The number of amides is 1. The summed E-state index contributed by atoms with van der Waals surface area (Å²) in [6.07, 6.45) is 4.01. The van der Waals surface area contributed by atoms with Gasteiger partial charge in [-0.1, -0.05) is 6.92 Å². The van der Waals surface area contributed by atoms with Crippen molar-refractivity contribution < 1.29 is 4.79 Å². The zero-order chi connectivity index (χ0) is 15.2. The first-order valence-corrected chi connectivity index (χ1v) is 6.86. The zero-order valence-electron chi connectivity index (χ0n) is 12.2. The number of aromatic nitrogens is 4. The predicted molar refractivity (Wildman–Crippen MR) is 77.7 cm³/mol. The molecule has 0 bridgehead atoms. The third-order valence-corrected chi connectivity index (χ3v) is 3.05. The Kier molecular flexibility index (Phi) is 4.86. The Labute approximate surface area is 122 Å². The minimum Gasteiger partial charge on any atom is -0.355 e. The van der Waals surface area contributed by atoms with Crippen molar-refractivity contribution in [3.8, 4) is 0 Å². The molecule has 0 aliphatic carbocycles. The van der Waals surface area contributed by atoms with Crippen LogP contribution in [0.25, 0.3) is 0 Å². The van der Waals surface area contributed by atoms with Gasteiger partial charge in [0, 0.05) is 37.1 Å². The number of hydrogen-bond acceptors (Lipinski definition) is 4. The molecule has 2 heterocycles. The van der Waals surface area contributed by atoms with Crippen molar-refractivity contribution in [1.29, 1.82) is 0 Å². The van der Waals surface area contributed by atoms with Crippen LogP contribution in [-0.2, 0) is 17.8 Å². The van der Waals surface area contributed by atoms with Gasteiger partial charge in [0.15, 0.2) is 0 Å². The maximum absolute atomic E-state index is 11.9. The normalized spacial score (nSPS) is 12.1. The van der Waals surface area contributed by atoms with E-state index in [1.807, 2.05) is 19.2 Å². The molecule has 0 aliphatic rings. The lowest BCUT2D eigenvalue weighted by atomic mass is 10.1. The average Bonchev–Trinajstić information content (AvgIpc) is 2.90. The first kappa shape index (κ1) is 15.0. The van der Waals surface area contributed by atoms with Crippen molar-refractivity contribution in [3.05, 3.63) is 46.4 Å². The fraction of sp³-hybridized carbons (Fsp3) is 0.429. The molecule has 21 heavy (non-hydrogen) atoms. The third kappa shape index (κ3) is 4.55. The van der Waals surface area contributed by atoms with Crippen LogP contribution < -0.4 is 10.9 Å². The van der Waals surface area contributed by atoms with Gasteiger partial charge in [0.25, 0.3) is 5.56 Å². The van der Waals surface area contributed by atoms with E-state index in [9.17, 15) is 9.59 Å². The fourth-order valence-electron chi connectivity index (χ4n) is 2.01. The van der Waals surface area contributed by atoms with E-state index in [1.165, 1.54) is 6.07 Å². The van der Waals surface area contributed by atoms with Gasteiger partial charge in [0.05, 0.1) is 12.5 Å². The molecule has 1 amide bonds. The van der Waals surface area contributed by atoms with Crippen molar-refractivity contribution >= 4 is 5.91 Å². The van der Waals surface area contributed by atoms with E-state index >= 15 is 0 Å². The first-order chi connectivity index (χ1) is 10.0. The number of carbonyl (C=O) groups is 1. The third-order valence-electron chi connectivity index (χ3n) is 3.05. The number of nitrogens with zero attached hydrogens (tertiary/aromatic N) is 3. The summed E-state index contributed by atoms with van der Waals surface area (Å²) in [5.41, 5.74) is 0.503. The van der Waals surface area contributed by atoms with Crippen LogP contribution >= 0.6 is 0 Å². The second kappa shape index (κ2) is 6.83. The van der Waals surface area contributed by atoms with Gasteiger partial charge in [-0.25, -0.2) is 4.98 Å². The van der Waals surface area contributed by atoms with Gasteiger partial charge in [0.1, 0.15) is 5.82 Å². The van der Waals surface area contributed by atoms with Crippen LogP contribution in [-0.4, -0.2) is 32.2 Å². The molecule has 0 saturated heterocycles. The van der Waals surface area contributed by atoms with Crippen molar-refractivity contribution in [2.45, 2.75) is 26.8 Å². The number of H-pyrrole nitrogens is 1. The Balaban J connectivity index is 1.79. The Hall–Kier alpha value is -2.44. The molecule has 112 valence electrons. The van der Waals surface area contributed by atoms with E-state index in [4.69, 9.17) is 0 Å². The van der Waals surface area contributed by atoms with Crippen molar-refractivity contribution in [2.75, 3.05) is 6.54 Å². The summed E-state index contributed by atoms with van der Waals surface area (Å²) in [5.74, 6) is 0.370. The Bertz CT molecular complexity index is 648. The zero-order valence-corrected chi connectivity index (χ0v) is 12.2. The monoisotopic (exact) mass is 289 g/mol. The molecule has 0 radical (unpaired) electrons. The second-order valence-electron chi connectivity index (χ2n) is 5.00. The number of aromatic amines is 1. The minimum atomic E-state index is -0.172. The quantitative estimate of drug-likeness (QED) is 0.798. The summed E-state index contributed by atoms with van der Waals surface area (Å²) in [6.45, 7) is 4.60. The summed E-state index contributed by atoms with van der Waals surface area (Å²) < 4.78 is 1.73. The molecular formula is C14H19N5O2. The highest BCUT2D eigenvalue weighted by Crippen LogP contribution is 2.00. The van der Waals surface area contributed by atoms with Crippen LogP contribution in [0.1, 0.15) is 18.4 Å². The summed E-state index contributed by atoms with van der Waals surface area (Å²) in [7, 11) is 0. The van der Waals surface area contributed by atoms with Crippen LogP contribution in [0.5, 0.6) is 0 Å². The number of nitrogens with one attached hydrogen (secondary N) is 2. The topological polar surface area (TPSA) is 92.7 Å². The number of carbonyl (C=O) groups excluding carboxylic acids is 1. The van der Waals surface area contributed by atoms with Gasteiger partial charge >= 0.3 is 0 Å². The van der Waals surface area contributed by atoms with Crippen LogP contribution in [0, 0.1) is 12.8 Å². The molecule has 0 aromatic carbocycles. The van der Waals surface area contributed by atoms with Crippen LogP contribution in [0.4, 0.5) is 0 Å². The molecule has 2 aromatic rings. The predicted octanol–water partition coefficient (Wildman–Crippen LogP) is 0.270. The number of rotatable bonds is 6. The van der Waals surface area contributed by atoms with Crippen LogP contribution in [0.2, 0.25) is 0 Å². The van der Waals surface area contributed by atoms with Crippen LogP contribution in [0.15, 0.2) is 29.3 Å². The standard InChI is InChI=1S/C14H19N5O2/c1-10(9-19-7-3-5-16-19)14(21)15-6-4-12-17-11(2)8-13(20)18-12/h3,5,7-8,10H,4,6,9H2,1-2H3,(H,15,21)(H,17,18,20). The van der Waals surface area contributed by atoms with E-state index in [-0.39, 0.29) is 17.4 Å². The number of hydrogen-bond donors (Lipinski definition) is 2. The van der Waals surface area contributed by atoms with Crippen molar-refractivity contribution in [1.82, 2.24) is 25.1 Å². The second-order valence-corrected chi connectivity index (χ2v) is 5.00. The molecule has 0 spiro atoms. The molecular weight excluding hydrogens is 270 g/mol. The number of aryl methyl sites for hydroxylation is 1. The largest absolute Gasteiger partial charge is 0.355 e. The molecule has 2 aromatic heterocycles. The maximum Gasteiger partial charge on any atom is 0.251 e. The average molecular weight is 289 g/mol. The van der Waals surface area contributed by atoms with Gasteiger partial charge in [-0.15, -0.1) is 0 Å². The molecule has 1 unspecified atom stereocenters. The summed E-state index contributed by atoms with van der Waals surface area (Å²) >= 11 is 0. The fourth-order valence-corrected chi connectivity index (χ4v) is 2.01. The van der Waals surface area contributed by atoms with Gasteiger partial charge in [-0.2, -0.15) is 5.10 Å². The van der Waals surface area contributed by atoms with Crippen LogP contribution in [0.3, 0.4) is 0 Å². The lowest BCUT2D eigenvalue weighted by molar-refractivity contribution is -0.124. The minimum absolute atomic E-state index is 0.0412. The Morgan fingerprint density at radius 3 is 3.00 bits per heavy atom. The lowest BCUT2D eigenvalue weighted by Gasteiger charge is -2.12. The molecule has 2 rings (SSSR count). The van der Waals surface area contributed by atoms with E-state index in [0.29, 0.717) is 31.0 Å².